The average Bonchev–Trinajstić information content (AvgIpc) is 2.98. The fourth-order valence-electron chi connectivity index (χ4n) is 8.02. The lowest BCUT2D eigenvalue weighted by Gasteiger charge is -2.59. The molecule has 1 aromatic carbocycles. The number of ketones is 1. The molecule has 4 aliphatic rings. The third-order valence-electron chi connectivity index (χ3n) is 9.72. The van der Waals surface area contributed by atoms with E-state index in [0.717, 1.165) is 35.8 Å². The van der Waals surface area contributed by atoms with Gasteiger partial charge in [0.1, 0.15) is 0 Å². The highest BCUT2D eigenvalue weighted by Crippen LogP contribution is 2.66. The number of hydrogen-bond donors (Lipinski definition) is 2. The first-order valence-corrected chi connectivity index (χ1v) is 11.9. The lowest BCUT2D eigenvalue weighted by molar-refractivity contribution is -0.991. The molecule has 4 heteroatoms. The van der Waals surface area contributed by atoms with E-state index in [4.69, 9.17) is 5.21 Å². The van der Waals surface area contributed by atoms with Crippen LogP contribution in [0.15, 0.2) is 29.8 Å². The standard InChI is InChI=1S/C26H35NO3/c1-25-13-4-3-5-19(25)8-11-21-22(25)12-14-26(2)23(21)16-18(24(26)28)15-17-6-9-20(10-7-17)27(29)30/h6-7,9-10,15,19,21-23,27,29H,3-5,8,11-14,16H2,1-2H3/t19-,21+,22+,23+,25+,26-/m1/s1. The molecule has 0 saturated heterocycles. The Morgan fingerprint density at radius 1 is 1.03 bits per heavy atom. The van der Waals surface area contributed by atoms with Crippen molar-refractivity contribution in [1.82, 2.24) is 0 Å². The Bertz CT molecular complexity index is 860. The molecular formula is C26H35NO3. The van der Waals surface area contributed by atoms with Crippen LogP contribution < -0.4 is 5.23 Å². The van der Waals surface area contributed by atoms with Gasteiger partial charge in [-0.2, -0.15) is 5.23 Å². The van der Waals surface area contributed by atoms with Crippen LogP contribution >= 0.6 is 0 Å². The van der Waals surface area contributed by atoms with E-state index in [9.17, 15) is 10.0 Å². The predicted molar refractivity (Wildman–Crippen MR) is 117 cm³/mol. The monoisotopic (exact) mass is 409 g/mol. The summed E-state index contributed by atoms with van der Waals surface area (Å²) in [5, 5.41) is 19.3. The molecule has 0 bridgehead atoms. The first-order chi connectivity index (χ1) is 14.3. The Hall–Kier alpha value is -1.49. The molecule has 0 aromatic heterocycles. The maximum atomic E-state index is 13.5. The van der Waals surface area contributed by atoms with Crippen LogP contribution in [-0.2, 0) is 4.79 Å². The van der Waals surface area contributed by atoms with Gasteiger partial charge >= 0.3 is 0 Å². The van der Waals surface area contributed by atoms with Gasteiger partial charge in [0.05, 0.1) is 0 Å². The smallest absolute Gasteiger partial charge is 0.165 e. The molecule has 4 aliphatic carbocycles. The number of fused-ring (bicyclic) bond motifs is 5. The van der Waals surface area contributed by atoms with Crippen LogP contribution in [0.5, 0.6) is 0 Å². The second-order valence-corrected chi connectivity index (χ2v) is 11.0. The van der Waals surface area contributed by atoms with Gasteiger partial charge in [0, 0.05) is 17.5 Å². The van der Waals surface area contributed by atoms with E-state index in [1.807, 2.05) is 18.2 Å². The molecule has 0 aliphatic heterocycles. The van der Waals surface area contributed by atoms with Gasteiger partial charge in [-0.25, -0.2) is 5.21 Å². The summed E-state index contributed by atoms with van der Waals surface area (Å²) < 4.78 is 0. The van der Waals surface area contributed by atoms with E-state index < -0.39 is 5.23 Å². The van der Waals surface area contributed by atoms with E-state index in [-0.39, 0.29) is 11.1 Å². The lowest BCUT2D eigenvalue weighted by atomic mass is 9.45. The molecule has 0 heterocycles. The van der Waals surface area contributed by atoms with Crippen LogP contribution in [0.3, 0.4) is 0 Å². The molecule has 0 radical (unpaired) electrons. The van der Waals surface area contributed by atoms with Gasteiger partial charge in [-0.05, 0) is 103 Å². The zero-order chi connectivity index (χ0) is 21.1. The Morgan fingerprint density at radius 2 is 1.80 bits per heavy atom. The van der Waals surface area contributed by atoms with Gasteiger partial charge in [0.15, 0.2) is 11.5 Å². The molecule has 0 amide bonds. The van der Waals surface area contributed by atoms with Gasteiger partial charge in [0.2, 0.25) is 0 Å². The van der Waals surface area contributed by atoms with Crippen molar-refractivity contribution in [3.05, 3.63) is 40.6 Å². The van der Waals surface area contributed by atoms with Crippen LogP contribution in [0.2, 0.25) is 0 Å². The number of Topliss-reactive ketones (excluding diaryl/α,β-unsaturated/α-hetero) is 1. The summed E-state index contributed by atoms with van der Waals surface area (Å²) in [7, 11) is 0. The number of carbonyl (C=O) groups is 1. The van der Waals surface area contributed by atoms with Crippen molar-refractivity contribution in [3.8, 4) is 0 Å². The fraction of sp³-hybridized carbons (Fsp3) is 0.654. The summed E-state index contributed by atoms with van der Waals surface area (Å²) in [6.07, 6.45) is 13.4. The maximum Gasteiger partial charge on any atom is 0.165 e. The maximum absolute atomic E-state index is 13.5. The molecule has 4 saturated carbocycles. The van der Waals surface area contributed by atoms with Gasteiger partial charge in [-0.1, -0.05) is 26.7 Å². The molecule has 7 atom stereocenters. The summed E-state index contributed by atoms with van der Waals surface area (Å²) in [6.45, 7) is 4.81. The number of allylic oxidation sites excluding steroid dienone is 1. The van der Waals surface area contributed by atoms with Crippen molar-refractivity contribution < 1.29 is 15.2 Å². The minimum Gasteiger partial charge on any atom is -0.595 e. The van der Waals surface area contributed by atoms with E-state index in [1.165, 1.54) is 44.9 Å². The Labute approximate surface area is 179 Å². The molecule has 1 aromatic rings. The van der Waals surface area contributed by atoms with Crippen molar-refractivity contribution in [3.63, 3.8) is 0 Å². The summed E-state index contributed by atoms with van der Waals surface area (Å²) in [4.78, 5) is 13.5. The van der Waals surface area contributed by atoms with Crippen LogP contribution in [-0.4, -0.2) is 11.0 Å². The highest BCUT2D eigenvalue weighted by Gasteiger charge is 2.60. The third kappa shape index (κ3) is 3.03. The Kier molecular flexibility index (Phi) is 4.96. The first-order valence-electron chi connectivity index (χ1n) is 11.9. The number of quaternary nitrogens is 1. The van der Waals surface area contributed by atoms with E-state index in [2.05, 4.69) is 13.8 Å². The Morgan fingerprint density at radius 3 is 2.53 bits per heavy atom. The number of benzene rings is 1. The normalized spacial score (nSPS) is 43.1. The second kappa shape index (κ2) is 7.29. The van der Waals surface area contributed by atoms with Crippen molar-refractivity contribution in [2.24, 2.45) is 34.5 Å². The highest BCUT2D eigenvalue weighted by atomic mass is 16.8. The predicted octanol–water partition coefficient (Wildman–Crippen LogP) is 5.09. The van der Waals surface area contributed by atoms with Crippen LogP contribution in [0.25, 0.3) is 6.08 Å². The first kappa shape index (κ1) is 20.4. The van der Waals surface area contributed by atoms with Crippen molar-refractivity contribution >= 4 is 17.5 Å². The van der Waals surface area contributed by atoms with Crippen LogP contribution in [0.1, 0.15) is 77.2 Å². The summed E-state index contributed by atoms with van der Waals surface area (Å²) in [6, 6.07) is 6.91. The van der Waals surface area contributed by atoms with E-state index in [1.54, 1.807) is 12.1 Å². The molecule has 5 rings (SSSR count). The fourth-order valence-corrected chi connectivity index (χ4v) is 8.02. The van der Waals surface area contributed by atoms with Crippen LogP contribution in [0.4, 0.5) is 5.69 Å². The largest absolute Gasteiger partial charge is 0.595 e. The van der Waals surface area contributed by atoms with Gasteiger partial charge < -0.3 is 5.21 Å². The molecule has 162 valence electrons. The minimum absolute atomic E-state index is 0.203. The summed E-state index contributed by atoms with van der Waals surface area (Å²) in [5.74, 6) is 3.21. The minimum atomic E-state index is -0.914. The molecule has 2 N–H and O–H groups in total. The zero-order valence-electron chi connectivity index (χ0n) is 18.3. The number of hydrogen-bond acceptors (Lipinski definition) is 3. The lowest BCUT2D eigenvalue weighted by Crippen LogP contribution is -2.99. The van der Waals surface area contributed by atoms with Gasteiger partial charge in [0.25, 0.3) is 0 Å². The highest BCUT2D eigenvalue weighted by molar-refractivity contribution is 6.05. The zero-order valence-corrected chi connectivity index (χ0v) is 18.3. The number of carbonyl (C=O) groups excluding carboxylic acids is 1. The summed E-state index contributed by atoms with van der Waals surface area (Å²) >= 11 is 0. The quantitative estimate of drug-likeness (QED) is 0.528. The van der Waals surface area contributed by atoms with Crippen molar-refractivity contribution in [2.75, 3.05) is 0 Å². The summed E-state index contributed by atoms with van der Waals surface area (Å²) in [5.41, 5.74) is 2.47. The number of nitrogens with one attached hydrogen (secondary N) is 1. The van der Waals surface area contributed by atoms with E-state index >= 15 is 0 Å². The van der Waals surface area contributed by atoms with Crippen LogP contribution in [0, 0.1) is 39.7 Å². The molecule has 30 heavy (non-hydrogen) atoms. The average molecular weight is 410 g/mol. The molecule has 4 fully saturated rings. The van der Waals surface area contributed by atoms with Gasteiger partial charge in [-0.15, -0.1) is 0 Å². The van der Waals surface area contributed by atoms with E-state index in [0.29, 0.717) is 23.0 Å². The van der Waals surface area contributed by atoms with Crippen molar-refractivity contribution in [1.29, 1.82) is 0 Å². The number of rotatable bonds is 2. The SMILES string of the molecule is C[C@]12CCCC[C@@H]1CC[C@H]1[C@@H]2CC[C@@]2(C)C(=O)C(=Cc3ccc([NH+]([O-])O)cc3)C[C@@H]12. The molecule has 0 spiro atoms. The second-order valence-electron chi connectivity index (χ2n) is 11.0. The topological polar surface area (TPSA) is 64.8 Å². The molecular weight excluding hydrogens is 374 g/mol. The Balaban J connectivity index is 1.42. The van der Waals surface area contributed by atoms with Crippen molar-refractivity contribution in [2.45, 2.75) is 71.6 Å². The molecule has 1 unspecified atom stereocenters. The van der Waals surface area contributed by atoms with Gasteiger partial charge in [-0.3, -0.25) is 4.79 Å². The third-order valence-corrected chi connectivity index (χ3v) is 9.72. The molecule has 4 nitrogen and oxygen atoms in total.